The second-order valence-electron chi connectivity index (χ2n) is 10.0. The van der Waals surface area contributed by atoms with E-state index in [0.717, 1.165) is 34.2 Å². The number of fused-ring (bicyclic) bond motifs is 7. The van der Waals surface area contributed by atoms with Crippen molar-refractivity contribution in [2.75, 3.05) is 10.6 Å². The van der Waals surface area contributed by atoms with E-state index in [0.29, 0.717) is 17.9 Å². The Bertz CT molecular complexity index is 1190. The zero-order valence-corrected chi connectivity index (χ0v) is 18.8. The molecule has 1 amide bonds. The van der Waals surface area contributed by atoms with Crippen LogP contribution in [0, 0.1) is 31.6 Å². The molecule has 32 heavy (non-hydrogen) atoms. The van der Waals surface area contributed by atoms with E-state index in [1.54, 1.807) is 0 Å². The van der Waals surface area contributed by atoms with Gasteiger partial charge >= 0.3 is 0 Å². The summed E-state index contributed by atoms with van der Waals surface area (Å²) in [6.45, 7) is 4.09. The maximum atomic E-state index is 13.2. The van der Waals surface area contributed by atoms with Gasteiger partial charge in [-0.15, -0.1) is 0 Å². The van der Waals surface area contributed by atoms with Gasteiger partial charge in [-0.1, -0.05) is 42.5 Å². The van der Waals surface area contributed by atoms with Gasteiger partial charge in [0.2, 0.25) is 0 Å². The second-order valence-corrected chi connectivity index (χ2v) is 10.0. The molecule has 6 rings (SSSR count). The molecule has 3 aromatic rings. The molecule has 0 radical (unpaired) electrons. The summed E-state index contributed by atoms with van der Waals surface area (Å²) in [5.74, 6) is 2.66. The van der Waals surface area contributed by atoms with Crippen LogP contribution in [0.4, 0.5) is 11.4 Å². The summed E-state index contributed by atoms with van der Waals surface area (Å²) in [4.78, 5) is 13.2. The number of benzene rings is 3. The largest absolute Gasteiger partial charge is 0.378 e. The zero-order chi connectivity index (χ0) is 21.8. The minimum absolute atomic E-state index is 0.0219. The average molecular weight is 423 g/mol. The predicted octanol–water partition coefficient (Wildman–Crippen LogP) is 6.85. The minimum atomic E-state index is -0.0219. The first-order valence-electron chi connectivity index (χ1n) is 11.9. The maximum Gasteiger partial charge on any atom is 0.255 e. The van der Waals surface area contributed by atoms with E-state index in [4.69, 9.17) is 0 Å². The number of carbonyl (C=O) groups is 1. The van der Waals surface area contributed by atoms with Crippen LogP contribution in [-0.2, 0) is 0 Å². The fourth-order valence-corrected chi connectivity index (χ4v) is 6.68. The molecule has 2 saturated carbocycles. The fraction of sp³-hybridized carbons (Fsp3) is 0.345. The number of anilines is 2. The molecule has 2 N–H and O–H groups in total. The Hall–Kier alpha value is -3.07. The van der Waals surface area contributed by atoms with Crippen LogP contribution < -0.4 is 10.6 Å². The lowest BCUT2D eigenvalue weighted by atomic mass is 9.68. The Morgan fingerprint density at radius 1 is 0.938 bits per heavy atom. The van der Waals surface area contributed by atoms with Crippen molar-refractivity contribution < 1.29 is 4.79 Å². The Balaban J connectivity index is 1.35. The van der Waals surface area contributed by atoms with E-state index < -0.39 is 0 Å². The first kappa shape index (κ1) is 19.6. The van der Waals surface area contributed by atoms with Crippen LogP contribution in [0.5, 0.6) is 0 Å². The lowest BCUT2D eigenvalue weighted by Gasteiger charge is -2.43. The van der Waals surface area contributed by atoms with Gasteiger partial charge in [-0.25, -0.2) is 0 Å². The number of aryl methyl sites for hydroxylation is 2. The van der Waals surface area contributed by atoms with Gasteiger partial charge in [0, 0.05) is 16.9 Å². The van der Waals surface area contributed by atoms with Crippen molar-refractivity contribution in [3.63, 3.8) is 0 Å². The first-order valence-corrected chi connectivity index (χ1v) is 11.9. The molecule has 3 heteroatoms. The van der Waals surface area contributed by atoms with Gasteiger partial charge in [-0.2, -0.15) is 0 Å². The highest BCUT2D eigenvalue weighted by Crippen LogP contribution is 2.63. The molecule has 0 spiro atoms. The van der Waals surface area contributed by atoms with Crippen molar-refractivity contribution in [1.82, 2.24) is 0 Å². The van der Waals surface area contributed by atoms with Crippen molar-refractivity contribution >= 4 is 17.3 Å². The number of nitrogens with one attached hydrogen (secondary N) is 2. The maximum absolute atomic E-state index is 13.2. The topological polar surface area (TPSA) is 41.1 Å². The first-order chi connectivity index (χ1) is 15.6. The quantitative estimate of drug-likeness (QED) is 0.484. The van der Waals surface area contributed by atoms with Crippen molar-refractivity contribution in [2.45, 2.75) is 45.1 Å². The standard InChI is InChI=1S/C29H30N2O/c1-17-8-9-18(2)25(14-17)31-29(32)22-12-13-24-23(16-22)26-20-10-11-21(15-20)27(26)28(30-24)19-6-4-3-5-7-19/h3-9,12-14,16,20-21,26-28,30H,10-11,15H2,1-2H3,(H,31,32)/t20-,21-,26-,27-,28+/m0/s1. The number of hydrogen-bond donors (Lipinski definition) is 2. The summed E-state index contributed by atoms with van der Waals surface area (Å²) in [5.41, 5.74) is 7.83. The van der Waals surface area contributed by atoms with Crippen LogP contribution in [0.25, 0.3) is 0 Å². The average Bonchev–Trinajstić information content (AvgIpc) is 3.44. The third kappa shape index (κ3) is 3.14. The normalized spacial score (nSPS) is 27.4. The molecule has 0 aromatic heterocycles. The molecule has 162 valence electrons. The van der Waals surface area contributed by atoms with Crippen molar-refractivity contribution in [1.29, 1.82) is 0 Å². The molecule has 3 nitrogen and oxygen atoms in total. The summed E-state index contributed by atoms with van der Waals surface area (Å²) >= 11 is 0. The lowest BCUT2D eigenvalue weighted by molar-refractivity contribution is 0.102. The molecule has 2 bridgehead atoms. The smallest absolute Gasteiger partial charge is 0.255 e. The molecular weight excluding hydrogens is 392 g/mol. The molecule has 3 aromatic carbocycles. The van der Waals surface area contributed by atoms with Gasteiger partial charge in [0.1, 0.15) is 0 Å². The summed E-state index contributed by atoms with van der Waals surface area (Å²) in [7, 11) is 0. The van der Waals surface area contributed by atoms with Crippen LogP contribution in [0.1, 0.15) is 63.8 Å². The molecule has 0 unspecified atom stereocenters. The van der Waals surface area contributed by atoms with Crippen molar-refractivity contribution in [2.24, 2.45) is 17.8 Å². The Labute approximate surface area is 190 Å². The summed E-state index contributed by atoms with van der Waals surface area (Å²) in [5, 5.41) is 7.01. The summed E-state index contributed by atoms with van der Waals surface area (Å²) in [6, 6.07) is 23.7. The highest BCUT2D eigenvalue weighted by molar-refractivity contribution is 6.05. The highest BCUT2D eigenvalue weighted by Gasteiger charge is 2.53. The number of amides is 1. The second kappa shape index (κ2) is 7.51. The zero-order valence-electron chi connectivity index (χ0n) is 18.8. The van der Waals surface area contributed by atoms with Gasteiger partial charge in [-0.05, 0) is 103 Å². The molecule has 2 aliphatic carbocycles. The Morgan fingerprint density at radius 2 is 1.75 bits per heavy atom. The molecular formula is C29H30N2O. The van der Waals surface area contributed by atoms with Crippen LogP contribution >= 0.6 is 0 Å². The highest BCUT2D eigenvalue weighted by atomic mass is 16.1. The molecule has 5 atom stereocenters. The van der Waals surface area contributed by atoms with Crippen molar-refractivity contribution in [3.05, 3.63) is 94.5 Å². The van der Waals surface area contributed by atoms with E-state index in [9.17, 15) is 4.79 Å². The van der Waals surface area contributed by atoms with E-state index in [2.05, 4.69) is 72.2 Å². The van der Waals surface area contributed by atoms with Crippen LogP contribution in [-0.4, -0.2) is 5.91 Å². The Morgan fingerprint density at radius 3 is 2.59 bits per heavy atom. The van der Waals surface area contributed by atoms with Gasteiger partial charge < -0.3 is 10.6 Å². The fourth-order valence-electron chi connectivity index (χ4n) is 6.68. The number of hydrogen-bond acceptors (Lipinski definition) is 2. The van der Waals surface area contributed by atoms with E-state index in [1.807, 2.05) is 19.1 Å². The summed E-state index contributed by atoms with van der Waals surface area (Å²) < 4.78 is 0. The molecule has 1 heterocycles. The van der Waals surface area contributed by atoms with Gasteiger partial charge in [0.05, 0.1) is 6.04 Å². The van der Waals surface area contributed by atoms with Crippen LogP contribution in [0.15, 0.2) is 66.7 Å². The summed E-state index contributed by atoms with van der Waals surface area (Å²) in [6.07, 6.45) is 4.00. The molecule has 1 aliphatic heterocycles. The van der Waals surface area contributed by atoms with Crippen molar-refractivity contribution in [3.8, 4) is 0 Å². The Kier molecular flexibility index (Phi) is 4.60. The number of carbonyl (C=O) groups excluding carboxylic acids is 1. The third-order valence-corrected chi connectivity index (χ3v) is 8.15. The minimum Gasteiger partial charge on any atom is -0.378 e. The van der Waals surface area contributed by atoms with Gasteiger partial charge in [0.15, 0.2) is 0 Å². The molecule has 3 aliphatic rings. The van der Waals surface area contributed by atoms with E-state index >= 15 is 0 Å². The van der Waals surface area contributed by atoms with Gasteiger partial charge in [0.25, 0.3) is 5.91 Å². The molecule has 2 fully saturated rings. The van der Waals surface area contributed by atoms with Crippen LogP contribution in [0.3, 0.4) is 0 Å². The molecule has 0 saturated heterocycles. The van der Waals surface area contributed by atoms with Crippen LogP contribution in [0.2, 0.25) is 0 Å². The predicted molar refractivity (Wildman–Crippen MR) is 130 cm³/mol. The van der Waals surface area contributed by atoms with E-state index in [-0.39, 0.29) is 5.91 Å². The third-order valence-electron chi connectivity index (χ3n) is 8.15. The monoisotopic (exact) mass is 422 g/mol. The van der Waals surface area contributed by atoms with E-state index in [1.165, 1.54) is 36.1 Å². The SMILES string of the molecule is Cc1ccc(C)c(NC(=O)c2ccc3c(c2)[C@@H]2[C@H]4CC[C@@H](C4)[C@@H]2[C@@H](c2ccccc2)N3)c1. The lowest BCUT2D eigenvalue weighted by Crippen LogP contribution is -2.35. The number of rotatable bonds is 3. The van der Waals surface area contributed by atoms with Gasteiger partial charge in [-0.3, -0.25) is 4.79 Å².